The van der Waals surface area contributed by atoms with E-state index in [4.69, 9.17) is 8.83 Å². The number of amides is 1. The minimum absolute atomic E-state index is 0.0363. The molecule has 0 bridgehead atoms. The highest BCUT2D eigenvalue weighted by Crippen LogP contribution is 2.10. The molecule has 21 heavy (non-hydrogen) atoms. The first-order chi connectivity index (χ1) is 10.2. The van der Waals surface area contributed by atoms with Crippen LogP contribution in [0, 0.1) is 0 Å². The van der Waals surface area contributed by atoms with Crippen molar-refractivity contribution in [2.75, 3.05) is 32.7 Å². The Morgan fingerprint density at radius 3 is 2.14 bits per heavy atom. The van der Waals surface area contributed by atoms with Gasteiger partial charge in [0.15, 0.2) is 11.5 Å². The molecular weight excluding hydrogens is 272 g/mol. The van der Waals surface area contributed by atoms with Crippen LogP contribution in [0.15, 0.2) is 45.6 Å². The van der Waals surface area contributed by atoms with E-state index in [1.54, 1.807) is 29.2 Å². The highest BCUT2D eigenvalue weighted by Gasteiger charge is 2.25. The first kappa shape index (κ1) is 13.6. The molecule has 1 fully saturated rings. The summed E-state index contributed by atoms with van der Waals surface area (Å²) in [4.78, 5) is 27.8. The van der Waals surface area contributed by atoms with Crippen molar-refractivity contribution in [1.82, 2.24) is 9.80 Å². The molecule has 6 nitrogen and oxygen atoms in total. The van der Waals surface area contributed by atoms with Crippen LogP contribution in [0.3, 0.4) is 0 Å². The minimum atomic E-state index is -0.1000. The zero-order valence-electron chi connectivity index (χ0n) is 11.5. The molecule has 110 valence electrons. The summed E-state index contributed by atoms with van der Waals surface area (Å²) in [6.45, 7) is 2.82. The fraction of sp³-hybridized carbons (Fsp3) is 0.333. The second kappa shape index (κ2) is 5.97. The molecule has 2 aromatic rings. The van der Waals surface area contributed by atoms with Crippen LogP contribution >= 0.6 is 0 Å². The van der Waals surface area contributed by atoms with Gasteiger partial charge in [0.1, 0.15) is 0 Å². The van der Waals surface area contributed by atoms with Gasteiger partial charge in [-0.25, -0.2) is 0 Å². The van der Waals surface area contributed by atoms with Crippen molar-refractivity contribution in [3.8, 4) is 0 Å². The van der Waals surface area contributed by atoms with E-state index in [0.717, 1.165) is 0 Å². The summed E-state index contributed by atoms with van der Waals surface area (Å²) in [6.07, 6.45) is 2.98. The topological polar surface area (TPSA) is 66.9 Å². The number of rotatable bonds is 4. The number of carbonyl (C=O) groups is 2. The van der Waals surface area contributed by atoms with Crippen LogP contribution in [0.25, 0.3) is 0 Å². The molecule has 1 saturated heterocycles. The Bertz CT molecular complexity index is 596. The van der Waals surface area contributed by atoms with Gasteiger partial charge in [0, 0.05) is 26.2 Å². The summed E-state index contributed by atoms with van der Waals surface area (Å²) >= 11 is 0. The Kier molecular flexibility index (Phi) is 3.87. The average Bonchev–Trinajstić information content (AvgIpc) is 3.20. The maximum Gasteiger partial charge on any atom is 0.289 e. The smallest absolute Gasteiger partial charge is 0.289 e. The molecule has 1 amide bonds. The molecule has 1 aliphatic rings. The third-order valence-electron chi connectivity index (χ3n) is 3.55. The van der Waals surface area contributed by atoms with Gasteiger partial charge < -0.3 is 13.7 Å². The lowest BCUT2D eigenvalue weighted by atomic mass is 10.2. The van der Waals surface area contributed by atoms with Gasteiger partial charge >= 0.3 is 0 Å². The third kappa shape index (κ3) is 3.05. The lowest BCUT2D eigenvalue weighted by molar-refractivity contribution is 0.0592. The van der Waals surface area contributed by atoms with Gasteiger partial charge in [0.25, 0.3) is 5.91 Å². The Morgan fingerprint density at radius 1 is 0.952 bits per heavy atom. The zero-order valence-corrected chi connectivity index (χ0v) is 11.5. The number of piperazine rings is 1. The molecule has 0 aliphatic carbocycles. The number of Topliss-reactive ketones (excluding diaryl/α,β-unsaturated/α-hetero) is 1. The average molecular weight is 288 g/mol. The maximum absolute atomic E-state index is 12.1. The Morgan fingerprint density at radius 2 is 1.57 bits per heavy atom. The highest BCUT2D eigenvalue weighted by atomic mass is 16.3. The molecule has 2 aromatic heterocycles. The van der Waals surface area contributed by atoms with Crippen molar-refractivity contribution in [2.24, 2.45) is 0 Å². The van der Waals surface area contributed by atoms with Crippen LogP contribution in [0.1, 0.15) is 21.1 Å². The summed E-state index contributed by atoms with van der Waals surface area (Å²) in [7, 11) is 0. The third-order valence-corrected chi connectivity index (χ3v) is 3.55. The van der Waals surface area contributed by atoms with Gasteiger partial charge in [-0.2, -0.15) is 0 Å². The largest absolute Gasteiger partial charge is 0.461 e. The van der Waals surface area contributed by atoms with E-state index < -0.39 is 0 Å². The van der Waals surface area contributed by atoms with Gasteiger partial charge in [-0.15, -0.1) is 0 Å². The first-order valence-corrected chi connectivity index (χ1v) is 6.86. The SMILES string of the molecule is O=C(CN1CCN(C(=O)c2ccco2)CC1)c1ccco1. The Hall–Kier alpha value is -2.34. The van der Waals surface area contributed by atoms with Crippen LogP contribution < -0.4 is 0 Å². The van der Waals surface area contributed by atoms with E-state index in [2.05, 4.69) is 0 Å². The molecule has 3 rings (SSSR count). The van der Waals surface area contributed by atoms with Gasteiger partial charge in [0.2, 0.25) is 5.78 Å². The van der Waals surface area contributed by atoms with Gasteiger partial charge in [0.05, 0.1) is 19.1 Å². The molecule has 0 radical (unpaired) electrons. The second-order valence-electron chi connectivity index (χ2n) is 4.95. The fourth-order valence-corrected chi connectivity index (χ4v) is 2.38. The normalized spacial score (nSPS) is 16.1. The van der Waals surface area contributed by atoms with Crippen molar-refractivity contribution >= 4 is 11.7 Å². The summed E-state index contributed by atoms with van der Waals surface area (Å²) in [5.41, 5.74) is 0. The van der Waals surface area contributed by atoms with E-state index in [1.165, 1.54) is 12.5 Å². The molecule has 0 N–H and O–H groups in total. The summed E-state index contributed by atoms with van der Waals surface area (Å²) in [6, 6.07) is 6.73. The number of carbonyl (C=O) groups excluding carboxylic acids is 2. The van der Waals surface area contributed by atoms with Crippen LogP contribution in [-0.2, 0) is 0 Å². The monoisotopic (exact) mass is 288 g/mol. The van der Waals surface area contributed by atoms with Crippen LogP contribution in [0.4, 0.5) is 0 Å². The molecule has 6 heteroatoms. The predicted molar refractivity (Wildman–Crippen MR) is 74.1 cm³/mol. The molecule has 1 aliphatic heterocycles. The molecular formula is C15H16N2O4. The molecule has 0 aromatic carbocycles. The van der Waals surface area contributed by atoms with Crippen molar-refractivity contribution < 1.29 is 18.4 Å². The van der Waals surface area contributed by atoms with E-state index in [1.807, 2.05) is 4.90 Å². The van der Waals surface area contributed by atoms with E-state index in [9.17, 15) is 9.59 Å². The summed E-state index contributed by atoms with van der Waals surface area (Å²) in [5.74, 6) is 0.599. The molecule has 0 atom stereocenters. The maximum atomic E-state index is 12.1. The zero-order chi connectivity index (χ0) is 14.7. The van der Waals surface area contributed by atoms with Crippen LogP contribution in [-0.4, -0.2) is 54.2 Å². The Labute approximate surface area is 121 Å². The van der Waals surface area contributed by atoms with Crippen LogP contribution in [0.5, 0.6) is 0 Å². The van der Waals surface area contributed by atoms with Crippen LogP contribution in [0.2, 0.25) is 0 Å². The quantitative estimate of drug-likeness (QED) is 0.798. The second-order valence-corrected chi connectivity index (χ2v) is 4.95. The van der Waals surface area contributed by atoms with Crippen molar-refractivity contribution in [3.63, 3.8) is 0 Å². The predicted octanol–water partition coefficient (Wildman–Crippen LogP) is 1.51. The minimum Gasteiger partial charge on any atom is -0.461 e. The Balaban J connectivity index is 1.51. The van der Waals surface area contributed by atoms with E-state index in [0.29, 0.717) is 44.2 Å². The molecule has 0 spiro atoms. The lowest BCUT2D eigenvalue weighted by Gasteiger charge is -2.33. The van der Waals surface area contributed by atoms with Crippen molar-refractivity contribution in [1.29, 1.82) is 0 Å². The van der Waals surface area contributed by atoms with Gasteiger partial charge in [-0.1, -0.05) is 0 Å². The van der Waals surface area contributed by atoms with E-state index in [-0.39, 0.29) is 11.7 Å². The standard InChI is InChI=1S/C15H16N2O4/c18-12(13-3-1-9-20-13)11-16-5-7-17(8-6-16)15(19)14-4-2-10-21-14/h1-4,9-10H,5-8,11H2. The molecule has 3 heterocycles. The van der Waals surface area contributed by atoms with Crippen molar-refractivity contribution in [3.05, 3.63) is 48.3 Å². The summed E-state index contributed by atoms with van der Waals surface area (Å²) in [5, 5.41) is 0. The lowest BCUT2D eigenvalue weighted by Crippen LogP contribution is -2.49. The first-order valence-electron chi connectivity index (χ1n) is 6.86. The van der Waals surface area contributed by atoms with E-state index >= 15 is 0 Å². The summed E-state index contributed by atoms with van der Waals surface area (Å²) < 4.78 is 10.2. The highest BCUT2D eigenvalue weighted by molar-refractivity contribution is 5.95. The fourth-order valence-electron chi connectivity index (χ4n) is 2.38. The number of hydrogen-bond donors (Lipinski definition) is 0. The number of ketones is 1. The number of nitrogens with zero attached hydrogens (tertiary/aromatic N) is 2. The van der Waals surface area contributed by atoms with Gasteiger partial charge in [-0.05, 0) is 24.3 Å². The number of furan rings is 2. The van der Waals surface area contributed by atoms with Crippen molar-refractivity contribution in [2.45, 2.75) is 0 Å². The number of hydrogen-bond acceptors (Lipinski definition) is 5. The molecule has 0 unspecified atom stereocenters. The molecule has 0 saturated carbocycles. The van der Waals surface area contributed by atoms with Gasteiger partial charge in [-0.3, -0.25) is 14.5 Å².